The fourth-order valence-electron chi connectivity index (χ4n) is 4.53. The van der Waals surface area contributed by atoms with Crippen molar-refractivity contribution in [3.05, 3.63) is 60.2 Å². The minimum atomic E-state index is -4.36. The molecular weight excluding hydrogens is 375 g/mol. The zero-order valence-electron chi connectivity index (χ0n) is 16.4. The summed E-state index contributed by atoms with van der Waals surface area (Å²) in [5.41, 5.74) is 1.49. The molecule has 6 heteroatoms. The number of benzene rings is 1. The molecule has 29 heavy (non-hydrogen) atoms. The maximum atomic E-state index is 13.1. The Balaban J connectivity index is 1.47. The normalized spacial score (nSPS) is 21.4. The van der Waals surface area contributed by atoms with Gasteiger partial charge in [0, 0.05) is 24.2 Å². The molecule has 3 nitrogen and oxygen atoms in total. The van der Waals surface area contributed by atoms with Gasteiger partial charge in [-0.3, -0.25) is 0 Å². The van der Waals surface area contributed by atoms with Crippen LogP contribution in [0.1, 0.15) is 49.3 Å². The molecule has 0 saturated carbocycles. The Morgan fingerprint density at radius 1 is 1.07 bits per heavy atom. The molecule has 1 fully saturated rings. The average Bonchev–Trinajstić information content (AvgIpc) is 2.75. The molecule has 1 saturated heterocycles. The summed E-state index contributed by atoms with van der Waals surface area (Å²) in [4.78, 5) is 11.1. The molecule has 4 rings (SSSR count). The molecule has 0 bridgehead atoms. The number of hydrogen-bond acceptors (Lipinski definition) is 3. The van der Waals surface area contributed by atoms with Gasteiger partial charge in [0.1, 0.15) is 6.33 Å². The maximum Gasteiger partial charge on any atom is 0.416 e. The molecule has 1 aromatic carbocycles. The van der Waals surface area contributed by atoms with E-state index in [2.05, 4.69) is 27.0 Å². The number of alkyl halides is 3. The molecule has 0 radical (unpaired) electrons. The second kappa shape index (κ2) is 8.66. The second-order valence-corrected chi connectivity index (χ2v) is 8.13. The monoisotopic (exact) mass is 401 g/mol. The lowest BCUT2D eigenvalue weighted by Gasteiger charge is -2.35. The van der Waals surface area contributed by atoms with E-state index < -0.39 is 11.7 Å². The van der Waals surface area contributed by atoms with E-state index in [4.69, 9.17) is 0 Å². The standard InChI is InChI=1S/C23H26F3N3/c24-23(25,26)20-8-4-7-19(13-20)21-14-27-16-28-22(21)18-9-11-29(12-10-18)15-17-5-2-1-3-6-17/h1-2,4,7-8,13-14,16-18H,3,5-6,9-12,15H2/t17-/m0/s1. The summed E-state index contributed by atoms with van der Waals surface area (Å²) in [5.74, 6) is 1.00. The third-order valence-electron chi connectivity index (χ3n) is 6.11. The van der Waals surface area contributed by atoms with Crippen LogP contribution in [0.4, 0.5) is 13.2 Å². The first kappa shape index (κ1) is 20.1. The predicted octanol–water partition coefficient (Wildman–Crippen LogP) is 5.70. The van der Waals surface area contributed by atoms with Crippen molar-refractivity contribution in [3.63, 3.8) is 0 Å². The number of aromatic nitrogens is 2. The van der Waals surface area contributed by atoms with E-state index in [0.717, 1.165) is 55.7 Å². The molecule has 1 aromatic heterocycles. The molecule has 154 valence electrons. The van der Waals surface area contributed by atoms with E-state index >= 15 is 0 Å². The lowest BCUT2D eigenvalue weighted by atomic mass is 9.87. The number of allylic oxidation sites excluding steroid dienone is 2. The van der Waals surface area contributed by atoms with Crippen LogP contribution in [-0.4, -0.2) is 34.5 Å². The van der Waals surface area contributed by atoms with Gasteiger partial charge in [0.25, 0.3) is 0 Å². The van der Waals surface area contributed by atoms with Crippen molar-refractivity contribution in [2.45, 2.75) is 44.2 Å². The van der Waals surface area contributed by atoms with Crippen LogP contribution in [0.2, 0.25) is 0 Å². The molecule has 2 aliphatic rings. The minimum Gasteiger partial charge on any atom is -0.303 e. The van der Waals surface area contributed by atoms with Crippen molar-refractivity contribution in [1.29, 1.82) is 0 Å². The first-order valence-electron chi connectivity index (χ1n) is 10.4. The van der Waals surface area contributed by atoms with Crippen LogP contribution in [0, 0.1) is 5.92 Å². The van der Waals surface area contributed by atoms with Gasteiger partial charge < -0.3 is 4.90 Å². The number of nitrogens with zero attached hydrogens (tertiary/aromatic N) is 3. The van der Waals surface area contributed by atoms with Crippen LogP contribution in [0.15, 0.2) is 48.9 Å². The molecule has 0 unspecified atom stereocenters. The van der Waals surface area contributed by atoms with E-state index in [9.17, 15) is 13.2 Å². The Morgan fingerprint density at radius 2 is 1.90 bits per heavy atom. The summed E-state index contributed by atoms with van der Waals surface area (Å²) in [5, 5.41) is 0. The minimum absolute atomic E-state index is 0.255. The van der Waals surface area contributed by atoms with Gasteiger partial charge in [-0.1, -0.05) is 24.3 Å². The molecule has 1 aliphatic carbocycles. The predicted molar refractivity (Wildman–Crippen MR) is 107 cm³/mol. The van der Waals surface area contributed by atoms with Gasteiger partial charge in [0.2, 0.25) is 0 Å². The van der Waals surface area contributed by atoms with Crippen molar-refractivity contribution in [3.8, 4) is 11.1 Å². The molecule has 1 aliphatic heterocycles. The fourth-order valence-corrected chi connectivity index (χ4v) is 4.53. The summed E-state index contributed by atoms with van der Waals surface area (Å²) < 4.78 is 39.4. The van der Waals surface area contributed by atoms with E-state index in [1.165, 1.54) is 37.7 Å². The first-order valence-corrected chi connectivity index (χ1v) is 10.4. The van der Waals surface area contributed by atoms with Crippen LogP contribution in [0.25, 0.3) is 11.1 Å². The second-order valence-electron chi connectivity index (χ2n) is 8.13. The van der Waals surface area contributed by atoms with Gasteiger partial charge in [-0.2, -0.15) is 13.2 Å². The van der Waals surface area contributed by atoms with Gasteiger partial charge in [0.15, 0.2) is 0 Å². The Labute approximate surface area is 169 Å². The fraction of sp³-hybridized carbons (Fsp3) is 0.478. The number of likely N-dealkylation sites (tertiary alicyclic amines) is 1. The Hall–Kier alpha value is -2.21. The lowest BCUT2D eigenvalue weighted by molar-refractivity contribution is -0.137. The Morgan fingerprint density at radius 3 is 2.62 bits per heavy atom. The van der Waals surface area contributed by atoms with Crippen molar-refractivity contribution in [1.82, 2.24) is 14.9 Å². The first-order chi connectivity index (χ1) is 14.0. The van der Waals surface area contributed by atoms with Crippen molar-refractivity contribution in [2.24, 2.45) is 5.92 Å². The summed E-state index contributed by atoms with van der Waals surface area (Å²) in [6.45, 7) is 3.16. The van der Waals surface area contributed by atoms with Crippen LogP contribution < -0.4 is 0 Å². The van der Waals surface area contributed by atoms with Gasteiger partial charge in [0.05, 0.1) is 11.3 Å². The molecular formula is C23H26F3N3. The van der Waals surface area contributed by atoms with Gasteiger partial charge in [-0.15, -0.1) is 0 Å². The number of halogens is 3. The molecule has 0 spiro atoms. The molecule has 2 heterocycles. The van der Waals surface area contributed by atoms with Crippen LogP contribution >= 0.6 is 0 Å². The topological polar surface area (TPSA) is 29.0 Å². The van der Waals surface area contributed by atoms with E-state index in [1.54, 1.807) is 12.3 Å². The zero-order valence-corrected chi connectivity index (χ0v) is 16.4. The summed E-state index contributed by atoms with van der Waals surface area (Å²) >= 11 is 0. The van der Waals surface area contributed by atoms with E-state index in [1.807, 2.05) is 0 Å². The van der Waals surface area contributed by atoms with Crippen molar-refractivity contribution < 1.29 is 13.2 Å². The highest BCUT2D eigenvalue weighted by atomic mass is 19.4. The Kier molecular flexibility index (Phi) is 5.99. The highest BCUT2D eigenvalue weighted by Crippen LogP contribution is 2.36. The van der Waals surface area contributed by atoms with Gasteiger partial charge in [-0.25, -0.2) is 9.97 Å². The maximum absolute atomic E-state index is 13.1. The largest absolute Gasteiger partial charge is 0.416 e. The van der Waals surface area contributed by atoms with Crippen LogP contribution in [0.3, 0.4) is 0 Å². The van der Waals surface area contributed by atoms with Crippen LogP contribution in [-0.2, 0) is 6.18 Å². The number of piperidine rings is 1. The average molecular weight is 401 g/mol. The van der Waals surface area contributed by atoms with Crippen LogP contribution in [0.5, 0.6) is 0 Å². The van der Waals surface area contributed by atoms with Gasteiger partial charge in [-0.05, 0) is 68.8 Å². The zero-order chi connectivity index (χ0) is 20.3. The summed E-state index contributed by atoms with van der Waals surface area (Å²) in [6, 6.07) is 5.47. The summed E-state index contributed by atoms with van der Waals surface area (Å²) in [7, 11) is 0. The van der Waals surface area contributed by atoms with E-state index in [-0.39, 0.29) is 5.92 Å². The number of hydrogen-bond donors (Lipinski definition) is 0. The third kappa shape index (κ3) is 4.86. The highest BCUT2D eigenvalue weighted by molar-refractivity contribution is 5.66. The van der Waals surface area contributed by atoms with Crippen molar-refractivity contribution >= 4 is 0 Å². The highest BCUT2D eigenvalue weighted by Gasteiger charge is 2.31. The quantitative estimate of drug-likeness (QED) is 0.616. The lowest BCUT2D eigenvalue weighted by Crippen LogP contribution is -2.37. The smallest absolute Gasteiger partial charge is 0.303 e. The third-order valence-corrected chi connectivity index (χ3v) is 6.11. The molecule has 0 amide bonds. The van der Waals surface area contributed by atoms with Gasteiger partial charge >= 0.3 is 6.18 Å². The summed E-state index contributed by atoms with van der Waals surface area (Å²) in [6.07, 6.45) is 8.94. The molecule has 1 atom stereocenters. The Bertz CT molecular complexity index is 854. The molecule has 0 N–H and O–H groups in total. The molecule has 2 aromatic rings. The number of rotatable bonds is 4. The SMILES string of the molecule is FC(F)(F)c1cccc(-c2cncnc2C2CCN(C[C@H]3CC=CCC3)CC2)c1. The van der Waals surface area contributed by atoms with Crippen molar-refractivity contribution in [2.75, 3.05) is 19.6 Å². The van der Waals surface area contributed by atoms with E-state index in [0.29, 0.717) is 5.56 Å².